The van der Waals surface area contributed by atoms with Crippen LogP contribution < -0.4 is 5.46 Å². The van der Waals surface area contributed by atoms with E-state index < -0.39 is 0 Å². The second-order valence-corrected chi connectivity index (χ2v) is 7.00. The summed E-state index contributed by atoms with van der Waals surface area (Å²) in [5.74, 6) is -0.212. The Morgan fingerprint density at radius 1 is 1.09 bits per heavy atom. The standard InChI is InChI=1S/C17H22BFN2O2/c1-16(2)17(3,4)23-18(22-16)14-11-20-21(12-14)10-9-13-5-7-15(19)8-6-13/h5-8,11-12H,9-10H2,1-4H3. The lowest BCUT2D eigenvalue weighted by Gasteiger charge is -2.32. The van der Waals surface area contributed by atoms with Gasteiger partial charge in [0.25, 0.3) is 0 Å². The van der Waals surface area contributed by atoms with E-state index in [1.807, 2.05) is 38.6 Å². The Balaban J connectivity index is 1.64. The largest absolute Gasteiger partial charge is 0.498 e. The van der Waals surface area contributed by atoms with Gasteiger partial charge in [0, 0.05) is 24.4 Å². The zero-order valence-corrected chi connectivity index (χ0v) is 14.0. The van der Waals surface area contributed by atoms with Crippen molar-refractivity contribution < 1.29 is 13.7 Å². The quantitative estimate of drug-likeness (QED) is 0.814. The predicted octanol–water partition coefficient (Wildman–Crippen LogP) is 2.56. The molecule has 4 nitrogen and oxygen atoms in total. The number of hydrogen-bond acceptors (Lipinski definition) is 3. The molecule has 0 atom stereocenters. The van der Waals surface area contributed by atoms with Crippen molar-refractivity contribution in [3.63, 3.8) is 0 Å². The Kier molecular flexibility index (Phi) is 4.06. The maximum atomic E-state index is 12.9. The van der Waals surface area contributed by atoms with E-state index in [-0.39, 0.29) is 24.1 Å². The first-order valence-corrected chi connectivity index (χ1v) is 7.89. The van der Waals surface area contributed by atoms with Crippen LogP contribution in [0.1, 0.15) is 33.3 Å². The van der Waals surface area contributed by atoms with Crippen LogP contribution in [0.3, 0.4) is 0 Å². The summed E-state index contributed by atoms with van der Waals surface area (Å²) in [5, 5.41) is 4.37. The van der Waals surface area contributed by atoms with Crippen LogP contribution in [0.4, 0.5) is 4.39 Å². The molecule has 3 rings (SSSR count). The molecule has 1 aliphatic rings. The average molecular weight is 316 g/mol. The van der Waals surface area contributed by atoms with Crippen LogP contribution in [0, 0.1) is 5.82 Å². The van der Waals surface area contributed by atoms with Gasteiger partial charge in [0.2, 0.25) is 0 Å². The molecule has 1 aromatic carbocycles. The van der Waals surface area contributed by atoms with Crippen molar-refractivity contribution in [2.75, 3.05) is 0 Å². The highest BCUT2D eigenvalue weighted by atomic mass is 19.1. The second-order valence-electron chi connectivity index (χ2n) is 7.00. The fraction of sp³-hybridized carbons (Fsp3) is 0.471. The Morgan fingerprint density at radius 2 is 1.70 bits per heavy atom. The van der Waals surface area contributed by atoms with Crippen molar-refractivity contribution in [2.45, 2.75) is 51.9 Å². The van der Waals surface area contributed by atoms with Crippen molar-refractivity contribution in [1.82, 2.24) is 9.78 Å². The van der Waals surface area contributed by atoms with E-state index in [0.29, 0.717) is 0 Å². The molecular formula is C17H22BFN2O2. The minimum absolute atomic E-state index is 0.212. The van der Waals surface area contributed by atoms with Crippen molar-refractivity contribution in [1.29, 1.82) is 0 Å². The number of halogens is 1. The van der Waals surface area contributed by atoms with Crippen LogP contribution in [-0.4, -0.2) is 28.1 Å². The number of benzene rings is 1. The van der Waals surface area contributed by atoms with E-state index >= 15 is 0 Å². The lowest BCUT2D eigenvalue weighted by atomic mass is 9.82. The summed E-state index contributed by atoms with van der Waals surface area (Å²) in [5.41, 5.74) is 1.30. The highest BCUT2D eigenvalue weighted by Crippen LogP contribution is 2.36. The number of aryl methyl sites for hydroxylation is 2. The molecule has 0 radical (unpaired) electrons. The SMILES string of the molecule is CC1(C)OB(c2cnn(CCc3ccc(F)cc3)c2)OC1(C)C. The van der Waals surface area contributed by atoms with Gasteiger partial charge in [0.15, 0.2) is 0 Å². The topological polar surface area (TPSA) is 36.3 Å². The van der Waals surface area contributed by atoms with Crippen molar-refractivity contribution in [3.05, 3.63) is 48.0 Å². The number of nitrogens with zero attached hydrogens (tertiary/aromatic N) is 2. The monoisotopic (exact) mass is 316 g/mol. The smallest absolute Gasteiger partial charge is 0.399 e. The summed E-state index contributed by atoms with van der Waals surface area (Å²) < 4.78 is 26.8. The van der Waals surface area contributed by atoms with Crippen LogP contribution in [0.25, 0.3) is 0 Å². The highest BCUT2D eigenvalue weighted by molar-refractivity contribution is 6.61. The minimum atomic E-state index is -0.389. The molecular weight excluding hydrogens is 294 g/mol. The van der Waals surface area contributed by atoms with Crippen molar-refractivity contribution in [3.8, 4) is 0 Å². The summed E-state index contributed by atoms with van der Waals surface area (Å²) in [4.78, 5) is 0. The normalized spacial score (nSPS) is 19.3. The van der Waals surface area contributed by atoms with Gasteiger partial charge < -0.3 is 9.31 Å². The molecule has 0 spiro atoms. The molecule has 0 N–H and O–H groups in total. The van der Waals surface area contributed by atoms with Crippen LogP contribution in [0.15, 0.2) is 36.7 Å². The number of aromatic nitrogens is 2. The summed E-state index contributed by atoms with van der Waals surface area (Å²) in [6.45, 7) is 8.86. The molecule has 23 heavy (non-hydrogen) atoms. The van der Waals surface area contributed by atoms with Gasteiger partial charge in [-0.05, 0) is 51.8 Å². The molecule has 1 aromatic heterocycles. The first-order chi connectivity index (χ1) is 10.8. The van der Waals surface area contributed by atoms with Gasteiger partial charge in [-0.3, -0.25) is 4.68 Å². The zero-order valence-electron chi connectivity index (χ0n) is 14.0. The van der Waals surface area contributed by atoms with E-state index in [9.17, 15) is 4.39 Å². The third kappa shape index (κ3) is 3.33. The maximum absolute atomic E-state index is 12.9. The van der Waals surface area contributed by atoms with Gasteiger partial charge in [-0.25, -0.2) is 4.39 Å². The van der Waals surface area contributed by atoms with Crippen LogP contribution in [-0.2, 0) is 22.3 Å². The van der Waals surface area contributed by atoms with Crippen LogP contribution >= 0.6 is 0 Å². The van der Waals surface area contributed by atoms with Gasteiger partial charge in [-0.2, -0.15) is 5.10 Å². The molecule has 0 unspecified atom stereocenters. The van der Waals surface area contributed by atoms with Crippen molar-refractivity contribution >= 4 is 12.6 Å². The van der Waals surface area contributed by atoms with E-state index in [0.717, 1.165) is 24.0 Å². The Bertz CT molecular complexity index is 666. The van der Waals surface area contributed by atoms with Crippen LogP contribution in [0.5, 0.6) is 0 Å². The fourth-order valence-electron chi connectivity index (χ4n) is 2.50. The van der Waals surface area contributed by atoms with Gasteiger partial charge in [-0.1, -0.05) is 12.1 Å². The third-order valence-electron chi connectivity index (χ3n) is 4.72. The molecule has 0 amide bonds. The summed E-state index contributed by atoms with van der Waals surface area (Å²) in [6, 6.07) is 6.56. The summed E-state index contributed by atoms with van der Waals surface area (Å²) in [6.07, 6.45) is 4.53. The molecule has 1 saturated heterocycles. The van der Waals surface area contributed by atoms with Gasteiger partial charge in [0.05, 0.1) is 11.2 Å². The first kappa shape index (κ1) is 16.2. The molecule has 6 heteroatoms. The third-order valence-corrected chi connectivity index (χ3v) is 4.72. The summed E-state index contributed by atoms with van der Waals surface area (Å²) >= 11 is 0. The maximum Gasteiger partial charge on any atom is 0.498 e. The lowest BCUT2D eigenvalue weighted by Crippen LogP contribution is -2.41. The molecule has 0 bridgehead atoms. The molecule has 2 aromatic rings. The van der Waals surface area contributed by atoms with E-state index in [4.69, 9.17) is 9.31 Å². The predicted molar refractivity (Wildman–Crippen MR) is 88.0 cm³/mol. The molecule has 0 saturated carbocycles. The molecule has 0 aliphatic carbocycles. The molecule has 122 valence electrons. The fourth-order valence-corrected chi connectivity index (χ4v) is 2.50. The minimum Gasteiger partial charge on any atom is -0.399 e. The van der Waals surface area contributed by atoms with Gasteiger partial charge in [0.1, 0.15) is 5.82 Å². The highest BCUT2D eigenvalue weighted by Gasteiger charge is 2.52. The van der Waals surface area contributed by atoms with Gasteiger partial charge in [-0.15, -0.1) is 0 Å². The van der Waals surface area contributed by atoms with E-state index in [1.165, 1.54) is 12.1 Å². The van der Waals surface area contributed by atoms with Crippen molar-refractivity contribution in [2.24, 2.45) is 0 Å². The van der Waals surface area contributed by atoms with Crippen LogP contribution in [0.2, 0.25) is 0 Å². The number of hydrogen-bond donors (Lipinski definition) is 0. The Hall–Kier alpha value is -1.66. The summed E-state index contributed by atoms with van der Waals surface area (Å²) in [7, 11) is -0.389. The molecule has 2 heterocycles. The van der Waals surface area contributed by atoms with E-state index in [1.54, 1.807) is 18.3 Å². The Labute approximate surface area is 136 Å². The molecule has 1 aliphatic heterocycles. The lowest BCUT2D eigenvalue weighted by molar-refractivity contribution is 0.00578. The Morgan fingerprint density at radius 3 is 2.30 bits per heavy atom. The second kappa shape index (κ2) is 5.76. The number of rotatable bonds is 4. The first-order valence-electron chi connectivity index (χ1n) is 7.89. The average Bonchev–Trinajstić information content (AvgIpc) is 3.01. The molecule has 1 fully saturated rings. The zero-order chi connectivity index (χ0) is 16.7. The van der Waals surface area contributed by atoms with Gasteiger partial charge >= 0.3 is 7.12 Å². The van der Waals surface area contributed by atoms with E-state index in [2.05, 4.69) is 5.10 Å².